The molecule has 43 heavy (non-hydrogen) atoms. The van der Waals surface area contributed by atoms with Crippen LogP contribution in [0.4, 0.5) is 5.82 Å². The first kappa shape index (κ1) is 27.3. The molecule has 3 heterocycles. The van der Waals surface area contributed by atoms with Crippen LogP contribution in [0.5, 0.6) is 0 Å². The van der Waals surface area contributed by atoms with Crippen molar-refractivity contribution in [3.8, 4) is 11.3 Å². The molecule has 0 spiro atoms. The van der Waals surface area contributed by atoms with Crippen molar-refractivity contribution in [3.63, 3.8) is 0 Å². The highest BCUT2D eigenvalue weighted by Crippen LogP contribution is 2.39. The lowest BCUT2D eigenvalue weighted by Gasteiger charge is -2.22. The van der Waals surface area contributed by atoms with Gasteiger partial charge in [0.1, 0.15) is 28.7 Å². The SMILES string of the molecule is CNC1CC=C(c2cnc(N)c3c(-c4ccc(Cc5nc6c(C)cc(C)cc6[nH]5)c5ccccc45)nc(C(C)C)n23)CC1. The summed E-state index contributed by atoms with van der Waals surface area (Å²) in [6.45, 7) is 8.65. The normalized spacial score (nSPS) is 15.7. The highest BCUT2D eigenvalue weighted by Gasteiger charge is 2.25. The summed E-state index contributed by atoms with van der Waals surface area (Å²) in [5.74, 6) is 2.69. The summed E-state index contributed by atoms with van der Waals surface area (Å²) in [7, 11) is 2.04. The summed E-state index contributed by atoms with van der Waals surface area (Å²) in [6.07, 6.45) is 8.10. The lowest BCUT2D eigenvalue weighted by molar-refractivity contribution is 0.522. The lowest BCUT2D eigenvalue weighted by atomic mass is 9.93. The number of allylic oxidation sites excluding steroid dienone is 1. The molecule has 0 amide bonds. The van der Waals surface area contributed by atoms with Gasteiger partial charge in [-0.05, 0) is 79.3 Å². The van der Waals surface area contributed by atoms with Gasteiger partial charge in [0, 0.05) is 23.9 Å². The number of nitrogens with one attached hydrogen (secondary N) is 2. The van der Waals surface area contributed by atoms with Gasteiger partial charge in [0.2, 0.25) is 0 Å². The molecule has 4 N–H and O–H groups in total. The minimum absolute atomic E-state index is 0.210. The Bertz CT molecular complexity index is 2040. The van der Waals surface area contributed by atoms with E-state index in [1.807, 2.05) is 13.2 Å². The van der Waals surface area contributed by atoms with Crippen molar-refractivity contribution in [2.45, 2.75) is 65.3 Å². The average Bonchev–Trinajstić information content (AvgIpc) is 3.60. The van der Waals surface area contributed by atoms with E-state index >= 15 is 0 Å². The van der Waals surface area contributed by atoms with E-state index in [-0.39, 0.29) is 5.92 Å². The van der Waals surface area contributed by atoms with Crippen molar-refractivity contribution in [3.05, 3.63) is 94.8 Å². The first-order valence-corrected chi connectivity index (χ1v) is 15.3. The number of hydrogen-bond donors (Lipinski definition) is 3. The molecule has 6 aromatic rings. The second-order valence-electron chi connectivity index (χ2n) is 12.3. The highest BCUT2D eigenvalue weighted by atomic mass is 15.1. The van der Waals surface area contributed by atoms with Crippen molar-refractivity contribution >= 4 is 38.7 Å². The maximum atomic E-state index is 6.67. The minimum atomic E-state index is 0.210. The fraction of sp³-hybridized carbons (Fsp3) is 0.306. The maximum absolute atomic E-state index is 6.67. The van der Waals surface area contributed by atoms with E-state index in [0.717, 1.165) is 69.8 Å². The zero-order valence-corrected chi connectivity index (χ0v) is 25.6. The summed E-state index contributed by atoms with van der Waals surface area (Å²) < 4.78 is 2.27. The number of nitrogens with zero attached hydrogens (tertiary/aromatic N) is 4. The van der Waals surface area contributed by atoms with Crippen LogP contribution in [0.15, 0.2) is 60.8 Å². The van der Waals surface area contributed by atoms with Crippen molar-refractivity contribution in [1.29, 1.82) is 0 Å². The number of anilines is 1. The van der Waals surface area contributed by atoms with Gasteiger partial charge < -0.3 is 16.0 Å². The van der Waals surface area contributed by atoms with Crippen molar-refractivity contribution in [2.75, 3.05) is 12.8 Å². The van der Waals surface area contributed by atoms with E-state index in [9.17, 15) is 0 Å². The van der Waals surface area contributed by atoms with Crippen LogP contribution in [0.1, 0.15) is 73.1 Å². The van der Waals surface area contributed by atoms with E-state index in [4.69, 9.17) is 20.7 Å². The van der Waals surface area contributed by atoms with Crippen LogP contribution in [0.2, 0.25) is 0 Å². The zero-order valence-electron chi connectivity index (χ0n) is 25.6. The molecule has 3 aromatic heterocycles. The molecular weight excluding hydrogens is 530 g/mol. The molecule has 7 rings (SSSR count). The summed E-state index contributed by atoms with van der Waals surface area (Å²) in [5, 5.41) is 5.76. The van der Waals surface area contributed by atoms with E-state index in [0.29, 0.717) is 18.3 Å². The number of imidazole rings is 2. The fourth-order valence-electron chi connectivity index (χ4n) is 6.81. The van der Waals surface area contributed by atoms with Gasteiger partial charge in [-0.15, -0.1) is 0 Å². The number of H-pyrrole nitrogens is 1. The Morgan fingerprint density at radius 1 is 1.07 bits per heavy atom. The third kappa shape index (κ3) is 4.68. The third-order valence-electron chi connectivity index (χ3n) is 8.98. The number of aromatic amines is 1. The van der Waals surface area contributed by atoms with Crippen LogP contribution < -0.4 is 11.1 Å². The largest absolute Gasteiger partial charge is 0.382 e. The maximum Gasteiger partial charge on any atom is 0.150 e. The molecule has 1 aliphatic rings. The van der Waals surface area contributed by atoms with Crippen molar-refractivity contribution in [2.24, 2.45) is 0 Å². The molecule has 0 aliphatic heterocycles. The Morgan fingerprint density at radius 3 is 2.63 bits per heavy atom. The predicted molar refractivity (Wildman–Crippen MR) is 177 cm³/mol. The second-order valence-corrected chi connectivity index (χ2v) is 12.3. The van der Waals surface area contributed by atoms with Crippen molar-refractivity contribution < 1.29 is 0 Å². The minimum Gasteiger partial charge on any atom is -0.382 e. The number of hydrogen-bond acceptors (Lipinski definition) is 5. The Hall–Kier alpha value is -4.49. The molecule has 0 saturated carbocycles. The monoisotopic (exact) mass is 569 g/mol. The summed E-state index contributed by atoms with van der Waals surface area (Å²) >= 11 is 0. The van der Waals surface area contributed by atoms with Crippen LogP contribution in [0, 0.1) is 13.8 Å². The van der Waals surface area contributed by atoms with Gasteiger partial charge in [-0.25, -0.2) is 15.0 Å². The quantitative estimate of drug-likeness (QED) is 0.193. The molecule has 0 saturated heterocycles. The number of nitrogen functional groups attached to an aromatic ring is 1. The molecular formula is C36H39N7. The molecule has 1 atom stereocenters. The molecule has 218 valence electrons. The molecule has 0 radical (unpaired) electrons. The van der Waals surface area contributed by atoms with Gasteiger partial charge in [-0.3, -0.25) is 4.40 Å². The van der Waals surface area contributed by atoms with Gasteiger partial charge in [0.15, 0.2) is 0 Å². The van der Waals surface area contributed by atoms with Crippen LogP contribution in [0.3, 0.4) is 0 Å². The molecule has 0 fully saturated rings. The van der Waals surface area contributed by atoms with Gasteiger partial charge in [-0.1, -0.05) is 62.4 Å². The topological polar surface area (TPSA) is 96.9 Å². The van der Waals surface area contributed by atoms with Crippen LogP contribution >= 0.6 is 0 Å². The Balaban J connectivity index is 1.38. The summed E-state index contributed by atoms with van der Waals surface area (Å²) in [5.41, 5.74) is 17.7. The lowest BCUT2D eigenvalue weighted by Crippen LogP contribution is -2.26. The highest BCUT2D eigenvalue weighted by molar-refractivity contribution is 6.02. The number of nitrogens with two attached hydrogens (primary N) is 1. The van der Waals surface area contributed by atoms with E-state index in [1.165, 1.54) is 27.6 Å². The van der Waals surface area contributed by atoms with Gasteiger partial charge in [0.05, 0.1) is 22.9 Å². The number of aryl methyl sites for hydroxylation is 2. The second kappa shape index (κ2) is 10.7. The number of rotatable bonds is 6. The Labute approximate surface area is 252 Å². The van der Waals surface area contributed by atoms with Crippen LogP contribution in [-0.2, 0) is 6.42 Å². The Morgan fingerprint density at radius 2 is 1.88 bits per heavy atom. The molecule has 1 unspecified atom stereocenters. The average molecular weight is 570 g/mol. The van der Waals surface area contributed by atoms with Crippen molar-refractivity contribution in [1.82, 2.24) is 29.7 Å². The number of fused-ring (bicyclic) bond motifs is 3. The molecule has 3 aromatic carbocycles. The van der Waals surface area contributed by atoms with E-state index in [2.05, 4.69) is 97.0 Å². The molecule has 7 nitrogen and oxygen atoms in total. The summed E-state index contributed by atoms with van der Waals surface area (Å²) in [6, 6.07) is 17.9. The number of aromatic nitrogens is 5. The smallest absolute Gasteiger partial charge is 0.150 e. The molecule has 0 bridgehead atoms. The Kier molecular flexibility index (Phi) is 6.78. The number of benzene rings is 3. The van der Waals surface area contributed by atoms with Crippen LogP contribution in [0.25, 0.3) is 44.2 Å². The first-order valence-electron chi connectivity index (χ1n) is 15.3. The standard InChI is InChI=1S/C36H39N7/c1-20(2)36-42-33(34-35(37)39-19-30(43(34)36)23-10-13-25(38-5)14-11-23)28-15-12-24(26-8-6-7-9-27(26)28)18-31-40-29-17-21(3)16-22(4)32(29)41-31/h6-10,12,15-17,19-20,25,38H,11,13-14,18H2,1-5H3,(H2,37,39)(H,40,41). The van der Waals surface area contributed by atoms with E-state index in [1.54, 1.807) is 0 Å². The fourth-order valence-corrected chi connectivity index (χ4v) is 6.81. The first-order chi connectivity index (χ1) is 20.8. The third-order valence-corrected chi connectivity index (χ3v) is 8.98. The predicted octanol–water partition coefficient (Wildman–Crippen LogP) is 7.49. The molecule has 1 aliphatic carbocycles. The van der Waals surface area contributed by atoms with Gasteiger partial charge in [0.25, 0.3) is 0 Å². The van der Waals surface area contributed by atoms with E-state index < -0.39 is 0 Å². The zero-order chi connectivity index (χ0) is 29.8. The molecule has 7 heteroatoms. The van der Waals surface area contributed by atoms with Gasteiger partial charge >= 0.3 is 0 Å². The summed E-state index contributed by atoms with van der Waals surface area (Å²) in [4.78, 5) is 18.6. The van der Waals surface area contributed by atoms with Crippen LogP contribution in [-0.4, -0.2) is 37.4 Å². The van der Waals surface area contributed by atoms with Gasteiger partial charge in [-0.2, -0.15) is 0 Å².